The molecular weight excluding hydrogens is 82.1 g/mol. The number of rotatable bonds is 0. The van der Waals surface area contributed by atoms with Crippen LogP contribution in [-0.4, -0.2) is 5.37 Å². The van der Waals surface area contributed by atoms with E-state index in [9.17, 15) is 0 Å². The molecule has 0 aromatic heterocycles. The van der Waals surface area contributed by atoms with Crippen molar-refractivity contribution >= 4 is 12.6 Å². The second-order valence-corrected chi connectivity index (χ2v) is 1.53. The van der Waals surface area contributed by atoms with Crippen molar-refractivity contribution in [2.24, 2.45) is 0 Å². The van der Waals surface area contributed by atoms with Crippen LogP contribution in [0.25, 0.3) is 0 Å². The minimum Gasteiger partial charge on any atom is -0.376 e. The van der Waals surface area contributed by atoms with E-state index in [1.165, 1.54) is 0 Å². The summed E-state index contributed by atoms with van der Waals surface area (Å²) in [5, 5.41) is 3.22. The molecule has 1 heterocycles. The van der Waals surface area contributed by atoms with E-state index in [0.717, 1.165) is 0 Å². The highest BCUT2D eigenvalue weighted by atomic mass is 32.1. The topological polar surface area (TPSA) is 12.0 Å². The largest absolute Gasteiger partial charge is 0.376 e. The molecule has 1 aliphatic rings. The molecule has 1 atom stereocenters. The lowest BCUT2D eigenvalue weighted by Gasteiger charge is -2.12. The van der Waals surface area contributed by atoms with Gasteiger partial charge in [-0.25, -0.2) is 0 Å². The van der Waals surface area contributed by atoms with Gasteiger partial charge in [-0.05, 0) is 12.3 Å². The molecule has 28 valence electrons. The number of hydrogen-bond donors (Lipinski definition) is 2. The summed E-state index contributed by atoms with van der Waals surface area (Å²) in [7, 11) is 0. The summed E-state index contributed by atoms with van der Waals surface area (Å²) in [6.45, 7) is 0. The lowest BCUT2D eigenvalue weighted by atomic mass is 10.5. The van der Waals surface area contributed by atoms with Crippen molar-refractivity contribution < 1.29 is 0 Å². The molecule has 0 radical (unpaired) electrons. The van der Waals surface area contributed by atoms with Crippen LogP contribution in [0, 0.1) is 0 Å². The summed E-state index contributed by atoms with van der Waals surface area (Å²) in [6.07, 6.45) is 3.85. The average Bonchev–Trinajstić information content (AvgIpc) is 1.30. The molecule has 0 bridgehead atoms. The third kappa shape index (κ3) is 0.401. The molecule has 0 saturated heterocycles. The Kier molecular flexibility index (Phi) is 0.580. The average molecular weight is 87.1 g/mol. The van der Waals surface area contributed by atoms with Crippen LogP contribution in [0.1, 0.15) is 0 Å². The molecule has 5 heavy (non-hydrogen) atoms. The molecule has 0 fully saturated rings. The fourth-order valence-electron chi connectivity index (χ4n) is 0.182. The minimum atomic E-state index is 0.329. The maximum Gasteiger partial charge on any atom is 0.0892 e. The number of hydrogen-bond acceptors (Lipinski definition) is 2. The predicted octanol–water partition coefficient (Wildman–Crippen LogP) is 0.359. The molecule has 0 spiro atoms. The molecule has 1 nitrogen and oxygen atoms in total. The van der Waals surface area contributed by atoms with E-state index in [2.05, 4.69) is 17.9 Å². The standard InChI is InChI=1S/C3H5NS/c5-3-1-2-4-3/h1-5H. The van der Waals surface area contributed by atoms with Gasteiger partial charge in [0.15, 0.2) is 0 Å². The van der Waals surface area contributed by atoms with Crippen molar-refractivity contribution in [2.45, 2.75) is 5.37 Å². The summed E-state index contributed by atoms with van der Waals surface area (Å²) in [5.74, 6) is 0. The van der Waals surface area contributed by atoms with Crippen LogP contribution in [0.2, 0.25) is 0 Å². The molecule has 0 saturated carbocycles. The molecular formula is C3H5NS. The molecule has 2 heteroatoms. The van der Waals surface area contributed by atoms with E-state index >= 15 is 0 Å². The smallest absolute Gasteiger partial charge is 0.0892 e. The Hall–Kier alpha value is -0.110. The first-order chi connectivity index (χ1) is 2.39. The van der Waals surface area contributed by atoms with Gasteiger partial charge < -0.3 is 5.32 Å². The Morgan fingerprint density at radius 2 is 2.20 bits per heavy atom. The first-order valence-corrected chi connectivity index (χ1v) is 2.02. The summed E-state index contributed by atoms with van der Waals surface area (Å²) >= 11 is 3.99. The Morgan fingerprint density at radius 1 is 1.80 bits per heavy atom. The van der Waals surface area contributed by atoms with Gasteiger partial charge in [0.05, 0.1) is 5.37 Å². The highest BCUT2D eigenvalue weighted by Crippen LogP contribution is 1.97. The highest BCUT2D eigenvalue weighted by Gasteiger charge is 1.96. The van der Waals surface area contributed by atoms with Crippen LogP contribution in [0.5, 0.6) is 0 Å². The lowest BCUT2D eigenvalue weighted by Crippen LogP contribution is -2.23. The fourth-order valence-corrected chi connectivity index (χ4v) is 0.354. The second-order valence-electron chi connectivity index (χ2n) is 0.971. The summed E-state index contributed by atoms with van der Waals surface area (Å²) in [6, 6.07) is 0. The van der Waals surface area contributed by atoms with Gasteiger partial charge in [-0.15, -0.1) is 0 Å². The van der Waals surface area contributed by atoms with Crippen molar-refractivity contribution in [1.29, 1.82) is 0 Å². The molecule has 1 rings (SSSR count). The minimum absolute atomic E-state index is 0.329. The molecule has 0 aromatic carbocycles. The Morgan fingerprint density at radius 3 is 2.20 bits per heavy atom. The van der Waals surface area contributed by atoms with Gasteiger partial charge in [0, 0.05) is 0 Å². The molecule has 1 unspecified atom stereocenters. The van der Waals surface area contributed by atoms with E-state index < -0.39 is 0 Å². The van der Waals surface area contributed by atoms with Gasteiger partial charge >= 0.3 is 0 Å². The lowest BCUT2D eigenvalue weighted by molar-refractivity contribution is 0.849. The van der Waals surface area contributed by atoms with Gasteiger partial charge in [-0.1, -0.05) is 0 Å². The predicted molar refractivity (Wildman–Crippen MR) is 25.0 cm³/mol. The van der Waals surface area contributed by atoms with Gasteiger partial charge in [0.1, 0.15) is 0 Å². The van der Waals surface area contributed by atoms with Crippen molar-refractivity contribution in [2.75, 3.05) is 0 Å². The van der Waals surface area contributed by atoms with Crippen molar-refractivity contribution in [3.05, 3.63) is 12.3 Å². The van der Waals surface area contributed by atoms with E-state index in [0.29, 0.717) is 5.37 Å². The van der Waals surface area contributed by atoms with Crippen LogP contribution in [0.4, 0.5) is 0 Å². The zero-order valence-corrected chi connectivity index (χ0v) is 3.57. The first-order valence-electron chi connectivity index (χ1n) is 1.50. The van der Waals surface area contributed by atoms with Gasteiger partial charge in [-0.2, -0.15) is 12.6 Å². The second kappa shape index (κ2) is 0.937. The third-order valence-corrected chi connectivity index (χ3v) is 0.867. The molecule has 0 amide bonds. The molecule has 0 aromatic rings. The quantitative estimate of drug-likeness (QED) is 0.406. The van der Waals surface area contributed by atoms with Gasteiger partial charge in [0.2, 0.25) is 0 Å². The van der Waals surface area contributed by atoms with Gasteiger partial charge in [-0.3, -0.25) is 0 Å². The van der Waals surface area contributed by atoms with E-state index in [1.54, 1.807) is 0 Å². The third-order valence-electron chi connectivity index (χ3n) is 0.546. The SMILES string of the molecule is SC1C=CN1. The Balaban J connectivity index is 2.39. The Labute approximate surface area is 36.5 Å². The number of nitrogens with one attached hydrogen (secondary N) is 1. The van der Waals surface area contributed by atoms with Crippen LogP contribution in [-0.2, 0) is 0 Å². The van der Waals surface area contributed by atoms with E-state index in [4.69, 9.17) is 0 Å². The van der Waals surface area contributed by atoms with Gasteiger partial charge in [0.25, 0.3) is 0 Å². The summed E-state index contributed by atoms with van der Waals surface area (Å²) < 4.78 is 0. The molecule has 0 aliphatic carbocycles. The van der Waals surface area contributed by atoms with Crippen molar-refractivity contribution in [3.63, 3.8) is 0 Å². The molecule has 1 N–H and O–H groups in total. The first kappa shape index (κ1) is 3.09. The zero-order valence-electron chi connectivity index (χ0n) is 2.68. The van der Waals surface area contributed by atoms with Crippen LogP contribution >= 0.6 is 12.6 Å². The summed E-state index contributed by atoms with van der Waals surface area (Å²) in [5.41, 5.74) is 0. The van der Waals surface area contributed by atoms with Crippen molar-refractivity contribution in [3.8, 4) is 0 Å². The van der Waals surface area contributed by atoms with Crippen LogP contribution < -0.4 is 5.32 Å². The maximum atomic E-state index is 3.99. The van der Waals surface area contributed by atoms with E-state index in [1.807, 2.05) is 12.3 Å². The van der Waals surface area contributed by atoms with E-state index in [-0.39, 0.29) is 0 Å². The summed E-state index contributed by atoms with van der Waals surface area (Å²) in [4.78, 5) is 0. The van der Waals surface area contributed by atoms with Crippen molar-refractivity contribution in [1.82, 2.24) is 5.32 Å². The molecule has 1 aliphatic heterocycles. The zero-order chi connectivity index (χ0) is 3.70. The van der Waals surface area contributed by atoms with Crippen LogP contribution in [0.15, 0.2) is 12.3 Å². The monoisotopic (exact) mass is 87.0 g/mol. The number of thiol groups is 1. The normalized spacial score (nSPS) is 31.8. The maximum absolute atomic E-state index is 3.99. The Bertz CT molecular complexity index is 59.9. The highest BCUT2D eigenvalue weighted by molar-refractivity contribution is 7.81. The fraction of sp³-hybridized carbons (Fsp3) is 0.333. The van der Waals surface area contributed by atoms with Crippen LogP contribution in [0.3, 0.4) is 0 Å².